The highest BCUT2D eigenvalue weighted by Crippen LogP contribution is 2.32. The fraction of sp³-hybridized carbons (Fsp3) is 0.350. The van der Waals surface area contributed by atoms with Crippen LogP contribution < -0.4 is 14.8 Å². The maximum atomic E-state index is 11.8. The van der Waals surface area contributed by atoms with Crippen LogP contribution in [-0.2, 0) is 16.6 Å². The predicted molar refractivity (Wildman–Crippen MR) is 104 cm³/mol. The van der Waals surface area contributed by atoms with Gasteiger partial charge in [-0.3, -0.25) is 4.79 Å². The van der Waals surface area contributed by atoms with Gasteiger partial charge in [0.05, 0.1) is 6.26 Å². The van der Waals surface area contributed by atoms with Gasteiger partial charge in [-0.15, -0.1) is 0 Å². The summed E-state index contributed by atoms with van der Waals surface area (Å²) in [6.07, 6.45) is 3.15. The van der Waals surface area contributed by atoms with Crippen LogP contribution >= 0.6 is 0 Å². The lowest BCUT2D eigenvalue weighted by atomic mass is 9.89. The van der Waals surface area contributed by atoms with Crippen molar-refractivity contribution in [3.63, 3.8) is 0 Å². The smallest absolute Gasteiger partial charge is 0.264 e. The molecule has 7 heteroatoms. The summed E-state index contributed by atoms with van der Waals surface area (Å²) in [5.74, 6) is 0.758. The van der Waals surface area contributed by atoms with E-state index < -0.39 is 15.9 Å². The minimum Gasteiger partial charge on any atom is -0.489 e. The Hall–Kier alpha value is -2.38. The third-order valence-electron chi connectivity index (χ3n) is 4.59. The number of ether oxygens (including phenoxy) is 1. The Labute approximate surface area is 160 Å². The molecule has 2 aromatic carbocycles. The van der Waals surface area contributed by atoms with E-state index in [1.54, 1.807) is 24.3 Å². The van der Waals surface area contributed by atoms with Crippen LogP contribution in [0.1, 0.15) is 40.2 Å². The predicted octanol–water partition coefficient (Wildman–Crippen LogP) is 2.42. The van der Waals surface area contributed by atoms with Crippen LogP contribution in [0.4, 0.5) is 0 Å². The van der Waals surface area contributed by atoms with Gasteiger partial charge < -0.3 is 10.1 Å². The van der Waals surface area contributed by atoms with Crippen LogP contribution in [0.15, 0.2) is 48.5 Å². The second-order valence-corrected chi connectivity index (χ2v) is 8.50. The highest BCUT2D eigenvalue weighted by molar-refractivity contribution is 7.89. The number of nitrogens with one attached hydrogen (secondary N) is 2. The molecular weight excluding hydrogens is 364 g/mol. The van der Waals surface area contributed by atoms with Crippen molar-refractivity contribution in [2.75, 3.05) is 19.3 Å². The molecule has 0 aliphatic carbocycles. The van der Waals surface area contributed by atoms with Gasteiger partial charge in [0.1, 0.15) is 12.4 Å². The molecule has 1 saturated heterocycles. The van der Waals surface area contributed by atoms with Gasteiger partial charge in [0, 0.05) is 5.56 Å². The molecule has 2 aromatic rings. The zero-order chi connectivity index (χ0) is 19.3. The molecule has 0 saturated carbocycles. The standard InChI is InChI=1S/C20H24N2O4S/c1-27(24,25)22-20(23)17-8-6-15(7-9-17)14-26-19-5-3-2-4-18(19)16-10-12-21-13-11-16/h2-9,16,21H,10-14H2,1H3,(H,22,23). The van der Waals surface area contributed by atoms with Gasteiger partial charge in [-0.25, -0.2) is 13.1 Å². The fourth-order valence-corrected chi connectivity index (χ4v) is 3.68. The molecule has 0 atom stereocenters. The molecule has 0 spiro atoms. The molecule has 6 nitrogen and oxygen atoms in total. The van der Waals surface area contributed by atoms with Crippen LogP contribution in [0, 0.1) is 0 Å². The van der Waals surface area contributed by atoms with Gasteiger partial charge in [0.25, 0.3) is 5.91 Å². The second kappa shape index (κ2) is 8.54. The number of para-hydroxylation sites is 1. The summed E-state index contributed by atoms with van der Waals surface area (Å²) in [4.78, 5) is 11.8. The van der Waals surface area contributed by atoms with Crippen molar-refractivity contribution in [3.05, 3.63) is 65.2 Å². The highest BCUT2D eigenvalue weighted by Gasteiger charge is 2.18. The first kappa shape index (κ1) is 19.4. The largest absolute Gasteiger partial charge is 0.489 e. The molecule has 1 aliphatic rings. The number of carbonyl (C=O) groups is 1. The molecule has 0 aromatic heterocycles. The van der Waals surface area contributed by atoms with Gasteiger partial charge in [-0.2, -0.15) is 0 Å². The minimum atomic E-state index is -3.57. The van der Waals surface area contributed by atoms with E-state index in [4.69, 9.17) is 4.74 Å². The maximum Gasteiger partial charge on any atom is 0.264 e. The lowest BCUT2D eigenvalue weighted by Gasteiger charge is -2.25. The van der Waals surface area contributed by atoms with Crippen molar-refractivity contribution in [2.45, 2.75) is 25.4 Å². The van der Waals surface area contributed by atoms with Crippen molar-refractivity contribution in [1.29, 1.82) is 0 Å². The van der Waals surface area contributed by atoms with Gasteiger partial charge in [0.15, 0.2) is 0 Å². The van der Waals surface area contributed by atoms with Crippen molar-refractivity contribution >= 4 is 15.9 Å². The lowest BCUT2D eigenvalue weighted by Crippen LogP contribution is -2.29. The Morgan fingerprint density at radius 1 is 1.11 bits per heavy atom. The van der Waals surface area contributed by atoms with E-state index in [0.29, 0.717) is 18.1 Å². The SMILES string of the molecule is CS(=O)(=O)NC(=O)c1ccc(COc2ccccc2C2CCNCC2)cc1. The molecular formula is C20H24N2O4S. The van der Waals surface area contributed by atoms with Gasteiger partial charge in [-0.1, -0.05) is 30.3 Å². The summed E-state index contributed by atoms with van der Waals surface area (Å²) >= 11 is 0. The Morgan fingerprint density at radius 3 is 2.44 bits per heavy atom. The van der Waals surface area contributed by atoms with Crippen LogP contribution in [0.2, 0.25) is 0 Å². The summed E-state index contributed by atoms with van der Waals surface area (Å²) in [5, 5.41) is 3.38. The quantitative estimate of drug-likeness (QED) is 0.794. The maximum absolute atomic E-state index is 11.8. The van der Waals surface area contributed by atoms with E-state index in [0.717, 1.165) is 43.5 Å². The van der Waals surface area contributed by atoms with E-state index >= 15 is 0 Å². The molecule has 2 N–H and O–H groups in total. The van der Waals surface area contributed by atoms with E-state index in [1.165, 1.54) is 5.56 Å². The van der Waals surface area contributed by atoms with Crippen LogP contribution in [0.3, 0.4) is 0 Å². The van der Waals surface area contributed by atoms with Crippen molar-refractivity contribution in [3.8, 4) is 5.75 Å². The lowest BCUT2D eigenvalue weighted by molar-refractivity contribution is 0.0981. The molecule has 144 valence electrons. The average molecular weight is 388 g/mol. The summed E-state index contributed by atoms with van der Waals surface area (Å²) < 4.78 is 30.3. The first-order chi connectivity index (χ1) is 12.9. The summed E-state index contributed by atoms with van der Waals surface area (Å²) in [6.45, 7) is 2.43. The van der Waals surface area contributed by atoms with E-state index in [9.17, 15) is 13.2 Å². The second-order valence-electron chi connectivity index (χ2n) is 6.75. The molecule has 27 heavy (non-hydrogen) atoms. The first-order valence-corrected chi connectivity index (χ1v) is 10.8. The van der Waals surface area contributed by atoms with E-state index in [2.05, 4.69) is 11.4 Å². The van der Waals surface area contributed by atoms with Crippen LogP contribution in [0.25, 0.3) is 0 Å². The van der Waals surface area contributed by atoms with Crippen molar-refractivity contribution in [2.24, 2.45) is 0 Å². The molecule has 0 radical (unpaired) electrons. The van der Waals surface area contributed by atoms with Gasteiger partial charge in [-0.05, 0) is 61.2 Å². The number of carbonyl (C=O) groups excluding carboxylic acids is 1. The number of piperidine rings is 1. The Morgan fingerprint density at radius 2 is 1.78 bits per heavy atom. The minimum absolute atomic E-state index is 0.291. The van der Waals surface area contributed by atoms with Gasteiger partial charge >= 0.3 is 0 Å². The first-order valence-electron chi connectivity index (χ1n) is 8.96. The number of sulfonamides is 1. The topological polar surface area (TPSA) is 84.5 Å². The summed E-state index contributed by atoms with van der Waals surface area (Å²) in [6, 6.07) is 14.9. The van der Waals surface area contributed by atoms with E-state index in [-0.39, 0.29) is 0 Å². The molecule has 1 amide bonds. The number of rotatable bonds is 6. The normalized spacial score (nSPS) is 15.3. The third-order valence-corrected chi connectivity index (χ3v) is 5.14. The zero-order valence-corrected chi connectivity index (χ0v) is 16.1. The third kappa shape index (κ3) is 5.55. The number of benzene rings is 2. The van der Waals surface area contributed by atoms with Crippen LogP contribution in [-0.4, -0.2) is 33.7 Å². The molecule has 3 rings (SSSR count). The Balaban J connectivity index is 1.65. The number of hydrogen-bond acceptors (Lipinski definition) is 5. The molecule has 1 aliphatic heterocycles. The number of amides is 1. The molecule has 0 unspecified atom stereocenters. The molecule has 1 heterocycles. The number of hydrogen-bond donors (Lipinski definition) is 2. The average Bonchev–Trinajstić information content (AvgIpc) is 2.66. The Bertz CT molecular complexity index is 888. The monoisotopic (exact) mass is 388 g/mol. The zero-order valence-electron chi connectivity index (χ0n) is 15.3. The highest BCUT2D eigenvalue weighted by atomic mass is 32.2. The summed E-state index contributed by atoms with van der Waals surface area (Å²) in [7, 11) is -3.57. The molecule has 1 fully saturated rings. The molecule has 0 bridgehead atoms. The Kier molecular flexibility index (Phi) is 6.13. The van der Waals surface area contributed by atoms with Gasteiger partial charge in [0.2, 0.25) is 10.0 Å². The van der Waals surface area contributed by atoms with Crippen LogP contribution in [0.5, 0.6) is 5.75 Å². The van der Waals surface area contributed by atoms with Crippen molar-refractivity contribution in [1.82, 2.24) is 10.0 Å². The van der Waals surface area contributed by atoms with E-state index in [1.807, 2.05) is 22.9 Å². The summed E-state index contributed by atoms with van der Waals surface area (Å²) in [5.41, 5.74) is 2.44. The van der Waals surface area contributed by atoms with Crippen molar-refractivity contribution < 1.29 is 17.9 Å². The fourth-order valence-electron chi connectivity index (χ4n) is 3.22.